The van der Waals surface area contributed by atoms with Crippen molar-refractivity contribution in [2.24, 2.45) is 0 Å². The van der Waals surface area contributed by atoms with Crippen molar-refractivity contribution in [3.05, 3.63) is 47.5 Å². The van der Waals surface area contributed by atoms with Crippen LogP contribution in [0.3, 0.4) is 0 Å². The van der Waals surface area contributed by atoms with E-state index in [1.165, 1.54) is 6.08 Å². The minimum atomic E-state index is -0.452. The summed E-state index contributed by atoms with van der Waals surface area (Å²) < 4.78 is 0. The van der Waals surface area contributed by atoms with E-state index in [1.54, 1.807) is 6.08 Å². The molecule has 0 unspecified atom stereocenters. The van der Waals surface area contributed by atoms with Crippen molar-refractivity contribution < 1.29 is 4.79 Å². The molecule has 0 bridgehead atoms. The Morgan fingerprint density at radius 2 is 1.88 bits per heavy atom. The zero-order chi connectivity index (χ0) is 11.8. The molecule has 84 valence electrons. The summed E-state index contributed by atoms with van der Waals surface area (Å²) in [5.74, 6) is 0. The number of halogens is 1. The third kappa shape index (κ3) is 4.45. The van der Waals surface area contributed by atoms with Crippen LogP contribution < -0.4 is 0 Å². The fourth-order valence-electron chi connectivity index (χ4n) is 1.35. The molecule has 0 fully saturated rings. The molecule has 0 spiro atoms. The highest BCUT2D eigenvalue weighted by molar-refractivity contribution is 6.66. The number of hydrogen-bond acceptors (Lipinski definition) is 1. The van der Waals surface area contributed by atoms with Crippen molar-refractivity contribution in [3.8, 4) is 0 Å². The van der Waals surface area contributed by atoms with Gasteiger partial charge in [-0.3, -0.25) is 4.79 Å². The third-order valence-corrected chi connectivity index (χ3v) is 2.27. The van der Waals surface area contributed by atoms with Crippen LogP contribution in [0.15, 0.2) is 36.4 Å². The van der Waals surface area contributed by atoms with Crippen LogP contribution in [0.5, 0.6) is 0 Å². The predicted octanol–water partition coefficient (Wildman–Crippen LogP) is 4.28. The molecule has 1 rings (SSSR count). The molecule has 2 heteroatoms. The monoisotopic (exact) mass is 234 g/mol. The zero-order valence-corrected chi connectivity index (χ0v) is 10.1. The van der Waals surface area contributed by atoms with Gasteiger partial charge in [-0.15, -0.1) is 0 Å². The second-order valence-corrected chi connectivity index (χ2v) is 3.83. The van der Waals surface area contributed by atoms with Crippen LogP contribution in [-0.2, 0) is 4.79 Å². The summed E-state index contributed by atoms with van der Waals surface area (Å²) in [6, 6.07) is 7.90. The number of unbranched alkanes of at least 4 members (excludes halogenated alkanes) is 1. The molecule has 1 nitrogen and oxygen atoms in total. The van der Waals surface area contributed by atoms with Gasteiger partial charge >= 0.3 is 0 Å². The molecule has 1 aromatic rings. The Balaban J connectivity index is 2.87. The molecule has 0 heterocycles. The number of carbonyl (C=O) groups is 1. The van der Waals surface area contributed by atoms with Crippen LogP contribution in [0, 0.1) is 0 Å². The number of benzene rings is 1. The SMILES string of the molecule is CCC/C=C\c1ccccc1/C=C/C(=O)Cl. The number of rotatable bonds is 5. The summed E-state index contributed by atoms with van der Waals surface area (Å²) in [6.45, 7) is 2.14. The van der Waals surface area contributed by atoms with E-state index in [-0.39, 0.29) is 0 Å². The molecule has 0 aromatic heterocycles. The van der Waals surface area contributed by atoms with Crippen molar-refractivity contribution in [1.82, 2.24) is 0 Å². The molecule has 0 amide bonds. The van der Waals surface area contributed by atoms with Crippen LogP contribution in [0.25, 0.3) is 12.2 Å². The molecular formula is C14H15ClO. The fourth-order valence-corrected chi connectivity index (χ4v) is 1.41. The van der Waals surface area contributed by atoms with Gasteiger partial charge in [0.2, 0.25) is 5.24 Å². The summed E-state index contributed by atoms with van der Waals surface area (Å²) in [7, 11) is 0. The first kappa shape index (κ1) is 12.7. The van der Waals surface area contributed by atoms with Gasteiger partial charge in [-0.1, -0.05) is 49.8 Å². The summed E-state index contributed by atoms with van der Waals surface area (Å²) >= 11 is 5.26. The van der Waals surface area contributed by atoms with Crippen molar-refractivity contribution in [2.45, 2.75) is 19.8 Å². The van der Waals surface area contributed by atoms with Crippen molar-refractivity contribution in [3.63, 3.8) is 0 Å². The Morgan fingerprint density at radius 3 is 2.44 bits per heavy atom. The topological polar surface area (TPSA) is 17.1 Å². The average Bonchev–Trinajstić information content (AvgIpc) is 2.28. The largest absolute Gasteiger partial charge is 0.276 e. The Hall–Kier alpha value is -1.34. The minimum absolute atomic E-state index is 0.452. The van der Waals surface area contributed by atoms with Crippen LogP contribution in [-0.4, -0.2) is 5.24 Å². The van der Waals surface area contributed by atoms with Gasteiger partial charge in [0.1, 0.15) is 0 Å². The molecule has 0 N–H and O–H groups in total. The first-order valence-corrected chi connectivity index (χ1v) is 5.75. The van der Waals surface area contributed by atoms with Crippen LogP contribution in [0.4, 0.5) is 0 Å². The molecule has 16 heavy (non-hydrogen) atoms. The fraction of sp³-hybridized carbons (Fsp3) is 0.214. The zero-order valence-electron chi connectivity index (χ0n) is 9.32. The van der Waals surface area contributed by atoms with Gasteiger partial charge in [0.15, 0.2) is 0 Å². The predicted molar refractivity (Wildman–Crippen MR) is 70.3 cm³/mol. The highest BCUT2D eigenvalue weighted by Gasteiger charge is 1.94. The lowest BCUT2D eigenvalue weighted by Gasteiger charge is -1.99. The van der Waals surface area contributed by atoms with Crippen molar-refractivity contribution >= 4 is 29.0 Å². The first-order chi connectivity index (χ1) is 7.74. The van der Waals surface area contributed by atoms with Gasteiger partial charge in [0, 0.05) is 0 Å². The molecule has 0 radical (unpaired) electrons. The Bertz CT molecular complexity index is 405. The maximum atomic E-state index is 10.6. The normalized spacial score (nSPS) is 11.4. The lowest BCUT2D eigenvalue weighted by atomic mass is 10.1. The summed E-state index contributed by atoms with van der Waals surface area (Å²) in [5, 5.41) is -0.452. The van der Waals surface area contributed by atoms with E-state index in [9.17, 15) is 4.79 Å². The van der Waals surface area contributed by atoms with E-state index in [2.05, 4.69) is 19.1 Å². The van der Waals surface area contributed by atoms with Gasteiger partial charge < -0.3 is 0 Å². The van der Waals surface area contributed by atoms with E-state index in [4.69, 9.17) is 11.6 Å². The van der Waals surface area contributed by atoms with Gasteiger partial charge in [-0.05, 0) is 41.3 Å². The van der Waals surface area contributed by atoms with Gasteiger partial charge in [0.05, 0.1) is 0 Å². The summed E-state index contributed by atoms with van der Waals surface area (Å²) in [4.78, 5) is 10.6. The quantitative estimate of drug-likeness (QED) is 0.549. The molecule has 0 aliphatic rings. The molecule has 0 aliphatic heterocycles. The van der Waals surface area contributed by atoms with E-state index in [0.29, 0.717) is 0 Å². The second-order valence-electron chi connectivity index (χ2n) is 3.46. The standard InChI is InChI=1S/C14H15ClO/c1-2-3-4-7-12-8-5-6-9-13(12)10-11-14(15)16/h4-11H,2-3H2,1H3/b7-4-,11-10+. The van der Waals surface area contributed by atoms with Crippen LogP contribution in [0.1, 0.15) is 30.9 Å². The highest BCUT2D eigenvalue weighted by Crippen LogP contribution is 2.13. The smallest absolute Gasteiger partial charge is 0.245 e. The summed E-state index contributed by atoms with van der Waals surface area (Å²) in [5.41, 5.74) is 2.11. The molecule has 0 saturated heterocycles. The maximum absolute atomic E-state index is 10.6. The number of allylic oxidation sites excluding steroid dienone is 2. The highest BCUT2D eigenvalue weighted by atomic mass is 35.5. The van der Waals surface area contributed by atoms with E-state index >= 15 is 0 Å². The molecule has 1 aromatic carbocycles. The van der Waals surface area contributed by atoms with Crippen LogP contribution >= 0.6 is 11.6 Å². The molecular weight excluding hydrogens is 220 g/mol. The average molecular weight is 235 g/mol. The van der Waals surface area contributed by atoms with E-state index in [1.807, 2.05) is 24.3 Å². The molecule has 0 saturated carbocycles. The molecule has 0 aliphatic carbocycles. The molecule has 0 atom stereocenters. The van der Waals surface area contributed by atoms with Crippen LogP contribution in [0.2, 0.25) is 0 Å². The minimum Gasteiger partial charge on any atom is -0.276 e. The third-order valence-electron chi connectivity index (χ3n) is 2.14. The summed E-state index contributed by atoms with van der Waals surface area (Å²) in [6.07, 6.45) is 9.51. The number of hydrogen-bond donors (Lipinski definition) is 0. The lowest BCUT2D eigenvalue weighted by Crippen LogP contribution is -1.81. The van der Waals surface area contributed by atoms with Gasteiger partial charge in [-0.25, -0.2) is 0 Å². The van der Waals surface area contributed by atoms with Gasteiger partial charge in [0.25, 0.3) is 0 Å². The lowest BCUT2D eigenvalue weighted by molar-refractivity contribution is -0.107. The van der Waals surface area contributed by atoms with Crippen molar-refractivity contribution in [2.75, 3.05) is 0 Å². The van der Waals surface area contributed by atoms with E-state index < -0.39 is 5.24 Å². The number of carbonyl (C=O) groups excluding carboxylic acids is 1. The maximum Gasteiger partial charge on any atom is 0.245 e. The van der Waals surface area contributed by atoms with Gasteiger partial charge in [-0.2, -0.15) is 0 Å². The Morgan fingerprint density at radius 1 is 1.25 bits per heavy atom. The Kier molecular flexibility index (Phi) is 5.58. The van der Waals surface area contributed by atoms with Crippen molar-refractivity contribution in [1.29, 1.82) is 0 Å². The van der Waals surface area contributed by atoms with E-state index in [0.717, 1.165) is 24.0 Å². The Labute approximate surface area is 101 Å². The second kappa shape index (κ2) is 7.02. The first-order valence-electron chi connectivity index (χ1n) is 5.37.